The molecule has 0 saturated heterocycles. The molecule has 0 aromatic carbocycles. The SMILES string of the molecule is CC(O)CCC=CNCCCCCO. The van der Waals surface area contributed by atoms with Crippen molar-refractivity contribution in [1.82, 2.24) is 5.32 Å². The third-order valence-electron chi connectivity index (χ3n) is 1.97. The van der Waals surface area contributed by atoms with Gasteiger partial charge < -0.3 is 15.5 Å². The summed E-state index contributed by atoms with van der Waals surface area (Å²) in [6.45, 7) is 3.06. The van der Waals surface area contributed by atoms with Crippen molar-refractivity contribution in [3.8, 4) is 0 Å². The summed E-state index contributed by atoms with van der Waals surface area (Å²) < 4.78 is 0. The van der Waals surface area contributed by atoms with Crippen LogP contribution in [0.3, 0.4) is 0 Å². The maximum Gasteiger partial charge on any atom is 0.0515 e. The van der Waals surface area contributed by atoms with Crippen LogP contribution < -0.4 is 5.32 Å². The molecule has 84 valence electrons. The predicted octanol–water partition coefficient (Wildman–Crippen LogP) is 1.41. The van der Waals surface area contributed by atoms with E-state index in [-0.39, 0.29) is 6.10 Å². The van der Waals surface area contributed by atoms with Crippen molar-refractivity contribution >= 4 is 0 Å². The summed E-state index contributed by atoms with van der Waals surface area (Å²) in [6.07, 6.45) is 8.59. The van der Waals surface area contributed by atoms with Crippen molar-refractivity contribution < 1.29 is 10.2 Å². The third kappa shape index (κ3) is 11.5. The lowest BCUT2D eigenvalue weighted by Crippen LogP contribution is -2.07. The Labute approximate surface area is 86.8 Å². The van der Waals surface area contributed by atoms with Crippen molar-refractivity contribution in [3.05, 3.63) is 12.3 Å². The first-order valence-corrected chi connectivity index (χ1v) is 5.44. The summed E-state index contributed by atoms with van der Waals surface area (Å²) in [4.78, 5) is 0. The maximum absolute atomic E-state index is 8.97. The first kappa shape index (κ1) is 13.5. The third-order valence-corrected chi connectivity index (χ3v) is 1.97. The molecule has 3 nitrogen and oxygen atoms in total. The van der Waals surface area contributed by atoms with Crippen molar-refractivity contribution in [1.29, 1.82) is 0 Å². The molecule has 0 radical (unpaired) electrons. The normalized spacial score (nSPS) is 13.4. The summed E-state index contributed by atoms with van der Waals surface area (Å²) in [5, 5.41) is 20.7. The highest BCUT2D eigenvalue weighted by atomic mass is 16.3. The number of rotatable bonds is 9. The van der Waals surface area contributed by atoms with Gasteiger partial charge in [0.05, 0.1) is 6.10 Å². The fourth-order valence-corrected chi connectivity index (χ4v) is 1.10. The Kier molecular flexibility index (Phi) is 10.1. The fraction of sp³-hybridized carbons (Fsp3) is 0.818. The number of aliphatic hydroxyl groups is 2. The van der Waals surface area contributed by atoms with Crippen LogP contribution in [0.5, 0.6) is 0 Å². The van der Waals surface area contributed by atoms with Crippen LogP contribution in [0.2, 0.25) is 0 Å². The van der Waals surface area contributed by atoms with Crippen LogP contribution >= 0.6 is 0 Å². The van der Waals surface area contributed by atoms with Crippen LogP contribution in [0.1, 0.15) is 39.0 Å². The molecule has 0 aliphatic heterocycles. The van der Waals surface area contributed by atoms with Gasteiger partial charge in [-0.05, 0) is 45.2 Å². The highest BCUT2D eigenvalue weighted by Crippen LogP contribution is 1.96. The molecule has 1 atom stereocenters. The Morgan fingerprint density at radius 2 is 2.07 bits per heavy atom. The van der Waals surface area contributed by atoms with Crippen molar-refractivity contribution in [2.24, 2.45) is 0 Å². The molecule has 0 saturated carbocycles. The number of hydrogen-bond acceptors (Lipinski definition) is 3. The molecule has 0 heterocycles. The minimum atomic E-state index is -0.204. The van der Waals surface area contributed by atoms with Crippen molar-refractivity contribution in [3.63, 3.8) is 0 Å². The van der Waals surface area contributed by atoms with Crippen LogP contribution in [0, 0.1) is 0 Å². The molecular weight excluding hydrogens is 178 g/mol. The molecule has 3 heteroatoms. The molecule has 0 aromatic heterocycles. The monoisotopic (exact) mass is 201 g/mol. The van der Waals surface area contributed by atoms with E-state index in [1.807, 2.05) is 12.3 Å². The predicted molar refractivity (Wildman–Crippen MR) is 59.0 cm³/mol. The number of hydrogen-bond donors (Lipinski definition) is 3. The van der Waals surface area contributed by atoms with Crippen LogP contribution in [0.15, 0.2) is 12.3 Å². The Balaban J connectivity index is 3.03. The average molecular weight is 201 g/mol. The first-order chi connectivity index (χ1) is 6.77. The van der Waals surface area contributed by atoms with Crippen molar-refractivity contribution in [2.75, 3.05) is 13.2 Å². The zero-order valence-corrected chi connectivity index (χ0v) is 9.08. The zero-order valence-electron chi connectivity index (χ0n) is 9.08. The molecule has 14 heavy (non-hydrogen) atoms. The number of aliphatic hydroxyl groups excluding tert-OH is 2. The summed E-state index contributed by atoms with van der Waals surface area (Å²) in [7, 11) is 0. The maximum atomic E-state index is 8.97. The smallest absolute Gasteiger partial charge is 0.0515 e. The molecule has 0 spiro atoms. The zero-order chi connectivity index (χ0) is 10.6. The molecule has 1 unspecified atom stereocenters. The van der Waals surface area contributed by atoms with Gasteiger partial charge in [-0.1, -0.05) is 6.08 Å². The minimum Gasteiger partial charge on any atom is -0.396 e. The quantitative estimate of drug-likeness (QED) is 0.494. The summed E-state index contributed by atoms with van der Waals surface area (Å²) in [6, 6.07) is 0. The average Bonchev–Trinajstić information content (AvgIpc) is 2.15. The van der Waals surface area contributed by atoms with Crippen LogP contribution in [0.4, 0.5) is 0 Å². The summed E-state index contributed by atoms with van der Waals surface area (Å²) >= 11 is 0. The van der Waals surface area contributed by atoms with E-state index in [4.69, 9.17) is 10.2 Å². The van der Waals surface area contributed by atoms with Gasteiger partial charge in [0.1, 0.15) is 0 Å². The second-order valence-corrected chi connectivity index (χ2v) is 3.57. The molecule has 0 bridgehead atoms. The molecule has 0 aliphatic carbocycles. The van der Waals surface area contributed by atoms with E-state index in [1.165, 1.54) is 0 Å². The summed E-state index contributed by atoms with van der Waals surface area (Å²) in [5.74, 6) is 0. The van der Waals surface area contributed by atoms with Gasteiger partial charge in [-0.15, -0.1) is 0 Å². The van der Waals surface area contributed by atoms with Crippen LogP contribution in [-0.4, -0.2) is 29.5 Å². The van der Waals surface area contributed by atoms with E-state index in [9.17, 15) is 0 Å². The van der Waals surface area contributed by atoms with E-state index < -0.39 is 0 Å². The van der Waals surface area contributed by atoms with Gasteiger partial charge in [-0.25, -0.2) is 0 Å². The lowest BCUT2D eigenvalue weighted by Gasteiger charge is -2.01. The van der Waals surface area contributed by atoms with Crippen LogP contribution in [-0.2, 0) is 0 Å². The highest BCUT2D eigenvalue weighted by Gasteiger charge is 1.90. The molecule has 0 aromatic rings. The van der Waals surface area contributed by atoms with Gasteiger partial charge >= 0.3 is 0 Å². The van der Waals surface area contributed by atoms with E-state index >= 15 is 0 Å². The molecule has 0 fully saturated rings. The van der Waals surface area contributed by atoms with E-state index in [1.54, 1.807) is 6.92 Å². The Morgan fingerprint density at radius 1 is 1.29 bits per heavy atom. The van der Waals surface area contributed by atoms with Gasteiger partial charge in [-0.2, -0.15) is 0 Å². The summed E-state index contributed by atoms with van der Waals surface area (Å²) in [5.41, 5.74) is 0. The van der Waals surface area contributed by atoms with E-state index in [0.29, 0.717) is 6.61 Å². The Bertz CT molecular complexity index is 135. The van der Waals surface area contributed by atoms with Gasteiger partial charge in [0.15, 0.2) is 0 Å². The van der Waals surface area contributed by atoms with E-state index in [0.717, 1.165) is 38.6 Å². The van der Waals surface area contributed by atoms with Gasteiger partial charge in [-0.3, -0.25) is 0 Å². The van der Waals surface area contributed by atoms with Gasteiger partial charge in [0.25, 0.3) is 0 Å². The lowest BCUT2D eigenvalue weighted by molar-refractivity contribution is 0.186. The van der Waals surface area contributed by atoms with Crippen molar-refractivity contribution in [2.45, 2.75) is 45.1 Å². The Morgan fingerprint density at radius 3 is 2.71 bits per heavy atom. The molecule has 0 amide bonds. The molecular formula is C11H23NO2. The largest absolute Gasteiger partial charge is 0.396 e. The number of nitrogens with one attached hydrogen (secondary N) is 1. The molecule has 0 aliphatic rings. The fourth-order valence-electron chi connectivity index (χ4n) is 1.10. The highest BCUT2D eigenvalue weighted by molar-refractivity contribution is 4.79. The molecule has 0 rings (SSSR count). The lowest BCUT2D eigenvalue weighted by atomic mass is 10.2. The Hall–Kier alpha value is -0.540. The standard InChI is InChI=1S/C11H23NO2/c1-11(14)7-3-5-9-12-8-4-2-6-10-13/h5,9,11-14H,2-4,6-8,10H2,1H3. The number of unbranched alkanes of at least 4 members (excludes halogenated alkanes) is 2. The second-order valence-electron chi connectivity index (χ2n) is 3.57. The molecule has 3 N–H and O–H groups in total. The topological polar surface area (TPSA) is 52.5 Å². The second kappa shape index (κ2) is 10.5. The number of allylic oxidation sites excluding steroid dienone is 1. The van der Waals surface area contributed by atoms with E-state index in [2.05, 4.69) is 5.32 Å². The van der Waals surface area contributed by atoms with Crippen LogP contribution in [0.25, 0.3) is 0 Å². The van der Waals surface area contributed by atoms with Gasteiger partial charge in [0, 0.05) is 13.2 Å². The van der Waals surface area contributed by atoms with Gasteiger partial charge in [0.2, 0.25) is 0 Å². The minimum absolute atomic E-state index is 0.204. The first-order valence-electron chi connectivity index (χ1n) is 5.44.